The van der Waals surface area contributed by atoms with E-state index >= 15 is 0 Å². The number of benzene rings is 1. The van der Waals surface area contributed by atoms with Crippen LogP contribution in [0.4, 0.5) is 0 Å². The van der Waals surface area contributed by atoms with E-state index in [9.17, 15) is 19.8 Å². The first-order valence-electron chi connectivity index (χ1n) is 6.25. The molecule has 6 nitrogen and oxygen atoms in total. The zero-order valence-electron chi connectivity index (χ0n) is 11.5. The molecule has 2 atom stereocenters. The van der Waals surface area contributed by atoms with E-state index in [0.717, 1.165) is 0 Å². The molecule has 0 spiro atoms. The largest absolute Gasteiger partial charge is 0.465 e. The van der Waals surface area contributed by atoms with Gasteiger partial charge in [0, 0.05) is 13.5 Å². The van der Waals surface area contributed by atoms with Gasteiger partial charge in [-0.3, -0.25) is 4.79 Å². The van der Waals surface area contributed by atoms with Gasteiger partial charge in [0.2, 0.25) is 5.91 Å². The Morgan fingerprint density at radius 1 is 1.30 bits per heavy atom. The molecule has 1 amide bonds. The second-order valence-electron chi connectivity index (χ2n) is 4.36. The first-order chi connectivity index (χ1) is 9.47. The number of aliphatic hydroxyl groups is 2. The Morgan fingerprint density at radius 2 is 1.95 bits per heavy atom. The minimum Gasteiger partial charge on any atom is -0.465 e. The molecule has 3 N–H and O–H groups in total. The van der Waals surface area contributed by atoms with Crippen LogP contribution in [0.5, 0.6) is 0 Å². The summed E-state index contributed by atoms with van der Waals surface area (Å²) >= 11 is 0. The summed E-state index contributed by atoms with van der Waals surface area (Å²) in [6, 6.07) is 6.38. The monoisotopic (exact) mass is 281 g/mol. The molecule has 0 aliphatic rings. The summed E-state index contributed by atoms with van der Waals surface area (Å²) in [7, 11) is 1.25. The van der Waals surface area contributed by atoms with E-state index in [1.165, 1.54) is 20.1 Å². The lowest BCUT2D eigenvalue weighted by atomic mass is 9.97. The molecule has 0 aromatic heterocycles. The van der Waals surface area contributed by atoms with Crippen molar-refractivity contribution in [3.05, 3.63) is 35.4 Å². The predicted octanol–water partition coefficient (Wildman–Crippen LogP) is 0.394. The third kappa shape index (κ3) is 4.32. The van der Waals surface area contributed by atoms with Crippen molar-refractivity contribution in [2.24, 2.45) is 0 Å². The van der Waals surface area contributed by atoms with Crippen LogP contribution in [0, 0.1) is 0 Å². The number of amides is 1. The molecule has 1 rings (SSSR count). The number of rotatable bonds is 6. The molecule has 0 bridgehead atoms. The van der Waals surface area contributed by atoms with Gasteiger partial charge in [0.15, 0.2) is 0 Å². The van der Waals surface area contributed by atoms with E-state index in [4.69, 9.17) is 0 Å². The van der Waals surface area contributed by atoms with Crippen molar-refractivity contribution in [2.45, 2.75) is 25.6 Å². The molecule has 20 heavy (non-hydrogen) atoms. The maximum absolute atomic E-state index is 11.6. The number of hydrogen-bond donors (Lipinski definition) is 3. The van der Waals surface area contributed by atoms with Crippen LogP contribution in [-0.2, 0) is 9.53 Å². The van der Waals surface area contributed by atoms with Gasteiger partial charge in [-0.15, -0.1) is 0 Å². The zero-order valence-corrected chi connectivity index (χ0v) is 11.5. The van der Waals surface area contributed by atoms with E-state index in [1.807, 2.05) is 0 Å². The van der Waals surface area contributed by atoms with Gasteiger partial charge in [0.05, 0.1) is 18.8 Å². The molecule has 1 aromatic carbocycles. The van der Waals surface area contributed by atoms with Crippen LogP contribution in [0.1, 0.15) is 35.4 Å². The van der Waals surface area contributed by atoms with E-state index < -0.39 is 18.2 Å². The smallest absolute Gasteiger partial charge is 0.338 e. The van der Waals surface area contributed by atoms with Crippen molar-refractivity contribution >= 4 is 11.9 Å². The Kier molecular flexibility index (Phi) is 6.14. The molecule has 0 heterocycles. The average molecular weight is 281 g/mol. The molecule has 0 radical (unpaired) electrons. The number of hydrogen-bond acceptors (Lipinski definition) is 5. The summed E-state index contributed by atoms with van der Waals surface area (Å²) < 4.78 is 4.63. The first kappa shape index (κ1) is 16.1. The van der Waals surface area contributed by atoms with E-state index in [1.54, 1.807) is 18.2 Å². The number of aliphatic hydroxyl groups excluding tert-OH is 2. The van der Waals surface area contributed by atoms with Crippen LogP contribution in [0.3, 0.4) is 0 Å². The molecular weight excluding hydrogens is 262 g/mol. The highest BCUT2D eigenvalue weighted by Gasteiger charge is 2.23. The summed E-state index contributed by atoms with van der Waals surface area (Å²) in [5, 5.41) is 22.5. The molecule has 1 aromatic rings. The van der Waals surface area contributed by atoms with Crippen LogP contribution in [0.25, 0.3) is 0 Å². The van der Waals surface area contributed by atoms with Crippen molar-refractivity contribution in [3.63, 3.8) is 0 Å². The maximum Gasteiger partial charge on any atom is 0.338 e. The Balaban J connectivity index is 2.78. The van der Waals surface area contributed by atoms with Gasteiger partial charge in [0.25, 0.3) is 0 Å². The van der Waals surface area contributed by atoms with Gasteiger partial charge >= 0.3 is 5.97 Å². The van der Waals surface area contributed by atoms with Crippen molar-refractivity contribution in [1.29, 1.82) is 0 Å². The number of nitrogens with one attached hydrogen (secondary N) is 1. The summed E-state index contributed by atoms with van der Waals surface area (Å²) in [5.74, 6) is -0.782. The lowest BCUT2D eigenvalue weighted by Crippen LogP contribution is -2.28. The van der Waals surface area contributed by atoms with Crippen LogP contribution in [-0.4, -0.2) is 41.8 Å². The molecule has 0 aliphatic heterocycles. The van der Waals surface area contributed by atoms with Crippen LogP contribution in [0.15, 0.2) is 24.3 Å². The molecule has 0 aliphatic carbocycles. The fourth-order valence-corrected chi connectivity index (χ4v) is 1.81. The third-order valence-electron chi connectivity index (χ3n) is 2.86. The van der Waals surface area contributed by atoms with Crippen molar-refractivity contribution in [1.82, 2.24) is 5.32 Å². The quantitative estimate of drug-likeness (QED) is 0.656. The van der Waals surface area contributed by atoms with Crippen molar-refractivity contribution < 1.29 is 24.5 Å². The Morgan fingerprint density at radius 3 is 2.55 bits per heavy atom. The van der Waals surface area contributed by atoms with E-state index in [0.29, 0.717) is 5.56 Å². The standard InChI is InChI=1S/C14H19NO5/c1-9(16)15-8-7-12(17)13(18)10-5-3-4-6-11(10)14(19)20-2/h3-6,12-13,17-18H,7-8H2,1-2H3,(H,15,16). The zero-order chi connectivity index (χ0) is 15.1. The third-order valence-corrected chi connectivity index (χ3v) is 2.86. The number of carbonyl (C=O) groups excluding carboxylic acids is 2. The van der Waals surface area contributed by atoms with Gasteiger partial charge in [-0.25, -0.2) is 4.79 Å². The van der Waals surface area contributed by atoms with Gasteiger partial charge in [0.1, 0.15) is 6.10 Å². The lowest BCUT2D eigenvalue weighted by molar-refractivity contribution is -0.119. The Hall–Kier alpha value is -1.92. The molecule has 0 saturated carbocycles. The number of carbonyl (C=O) groups is 2. The summed E-state index contributed by atoms with van der Waals surface area (Å²) in [6.07, 6.45) is -2.14. The highest BCUT2D eigenvalue weighted by atomic mass is 16.5. The van der Waals surface area contributed by atoms with Crippen molar-refractivity contribution in [2.75, 3.05) is 13.7 Å². The number of ether oxygens (including phenoxy) is 1. The predicted molar refractivity (Wildman–Crippen MR) is 72.0 cm³/mol. The average Bonchev–Trinajstić information content (AvgIpc) is 2.45. The maximum atomic E-state index is 11.6. The van der Waals surface area contributed by atoms with E-state index in [-0.39, 0.29) is 24.4 Å². The van der Waals surface area contributed by atoms with Crippen molar-refractivity contribution in [3.8, 4) is 0 Å². The lowest BCUT2D eigenvalue weighted by Gasteiger charge is -2.20. The van der Waals surface area contributed by atoms with Crippen LogP contribution in [0.2, 0.25) is 0 Å². The molecule has 2 unspecified atom stereocenters. The fraction of sp³-hybridized carbons (Fsp3) is 0.429. The van der Waals surface area contributed by atoms with Gasteiger partial charge < -0.3 is 20.3 Å². The Bertz CT molecular complexity index is 474. The minimum absolute atomic E-state index is 0.177. The van der Waals surface area contributed by atoms with Gasteiger partial charge in [-0.05, 0) is 18.1 Å². The second-order valence-corrected chi connectivity index (χ2v) is 4.36. The topological polar surface area (TPSA) is 95.9 Å². The second kappa shape index (κ2) is 7.62. The Labute approximate surface area is 117 Å². The molecular formula is C14H19NO5. The first-order valence-corrected chi connectivity index (χ1v) is 6.25. The van der Waals surface area contributed by atoms with E-state index in [2.05, 4.69) is 10.1 Å². The highest BCUT2D eigenvalue weighted by molar-refractivity contribution is 5.91. The van der Waals surface area contributed by atoms with Crippen LogP contribution < -0.4 is 5.32 Å². The molecule has 0 fully saturated rings. The number of methoxy groups -OCH3 is 1. The highest BCUT2D eigenvalue weighted by Crippen LogP contribution is 2.23. The summed E-state index contributed by atoms with van der Waals surface area (Å²) in [4.78, 5) is 22.3. The van der Waals surface area contributed by atoms with Crippen LogP contribution >= 0.6 is 0 Å². The normalized spacial score (nSPS) is 13.4. The molecule has 0 saturated heterocycles. The molecule has 110 valence electrons. The SMILES string of the molecule is COC(=O)c1ccccc1C(O)C(O)CCNC(C)=O. The molecule has 6 heteroatoms. The summed E-state index contributed by atoms with van der Waals surface area (Å²) in [6.45, 7) is 1.61. The summed E-state index contributed by atoms with van der Waals surface area (Å²) in [5.41, 5.74) is 0.510. The van der Waals surface area contributed by atoms with Gasteiger partial charge in [-0.2, -0.15) is 0 Å². The minimum atomic E-state index is -1.22. The number of esters is 1. The van der Waals surface area contributed by atoms with Gasteiger partial charge in [-0.1, -0.05) is 18.2 Å². The fourth-order valence-electron chi connectivity index (χ4n) is 1.81.